The number of benzene rings is 1. The van der Waals surface area contributed by atoms with Gasteiger partial charge in [-0.1, -0.05) is 15.9 Å². The topological polar surface area (TPSA) is 72.2 Å². The molecule has 4 nitrogen and oxygen atoms in total. The predicted molar refractivity (Wildman–Crippen MR) is 91.5 cm³/mol. The van der Waals surface area contributed by atoms with Gasteiger partial charge in [0.25, 0.3) is 0 Å². The van der Waals surface area contributed by atoms with E-state index in [0.717, 1.165) is 23.1 Å². The SMILES string of the molecule is CC1(CNS(=O)(=O)c2c(N)cc(Br)cc2Br)CCCS1. The van der Waals surface area contributed by atoms with Gasteiger partial charge in [0, 0.05) is 20.2 Å². The number of nitrogens with two attached hydrogens (primary N) is 1. The summed E-state index contributed by atoms with van der Waals surface area (Å²) < 4.78 is 28.7. The second-order valence-corrected chi connectivity index (χ2v) is 10.2. The van der Waals surface area contributed by atoms with Gasteiger partial charge >= 0.3 is 0 Å². The van der Waals surface area contributed by atoms with Crippen molar-refractivity contribution in [2.45, 2.75) is 29.4 Å². The lowest BCUT2D eigenvalue weighted by atomic mass is 10.1. The second kappa shape index (κ2) is 6.16. The van der Waals surface area contributed by atoms with Crippen LogP contribution in [-0.2, 0) is 10.0 Å². The maximum Gasteiger partial charge on any atom is 0.243 e. The third-order valence-corrected chi connectivity index (χ3v) is 7.64. The molecule has 1 saturated heterocycles. The maximum absolute atomic E-state index is 12.4. The molecular formula is C12H16Br2N2O2S2. The van der Waals surface area contributed by atoms with Crippen LogP contribution in [0, 0.1) is 0 Å². The number of rotatable bonds is 4. The molecule has 0 radical (unpaired) electrons. The highest BCUT2D eigenvalue weighted by atomic mass is 79.9. The minimum atomic E-state index is -3.62. The molecule has 1 unspecified atom stereocenters. The van der Waals surface area contributed by atoms with Gasteiger partial charge in [0.2, 0.25) is 10.0 Å². The summed E-state index contributed by atoms with van der Waals surface area (Å²) in [5.74, 6) is 1.09. The maximum atomic E-state index is 12.4. The van der Waals surface area contributed by atoms with Crippen LogP contribution in [0.4, 0.5) is 5.69 Å². The lowest BCUT2D eigenvalue weighted by Crippen LogP contribution is -2.37. The average molecular weight is 444 g/mol. The summed E-state index contributed by atoms with van der Waals surface area (Å²) in [6.45, 7) is 2.51. The standard InChI is InChI=1S/C12H16Br2N2O2S2/c1-12(3-2-4-19-12)7-16-20(17,18)11-9(14)5-8(13)6-10(11)15/h5-6,16H,2-4,7,15H2,1H3. The van der Waals surface area contributed by atoms with Gasteiger partial charge in [0.1, 0.15) is 4.90 Å². The third-order valence-electron chi connectivity index (χ3n) is 3.24. The van der Waals surface area contributed by atoms with Gasteiger partial charge in [0.05, 0.1) is 5.69 Å². The molecule has 3 N–H and O–H groups in total. The number of halogens is 2. The van der Waals surface area contributed by atoms with E-state index in [9.17, 15) is 8.42 Å². The zero-order valence-electron chi connectivity index (χ0n) is 10.9. The van der Waals surface area contributed by atoms with Gasteiger partial charge in [-0.15, -0.1) is 0 Å². The summed E-state index contributed by atoms with van der Waals surface area (Å²) >= 11 is 8.37. The molecule has 0 aliphatic carbocycles. The molecule has 0 saturated carbocycles. The van der Waals surface area contributed by atoms with Crippen LogP contribution in [0.1, 0.15) is 19.8 Å². The molecule has 0 spiro atoms. The van der Waals surface area contributed by atoms with Crippen molar-refractivity contribution in [1.29, 1.82) is 0 Å². The lowest BCUT2D eigenvalue weighted by molar-refractivity contribution is 0.552. The predicted octanol–water partition coefficient (Wildman–Crippen LogP) is 3.36. The van der Waals surface area contributed by atoms with E-state index in [4.69, 9.17) is 5.73 Å². The number of anilines is 1. The Morgan fingerprint density at radius 1 is 1.45 bits per heavy atom. The average Bonchev–Trinajstić information content (AvgIpc) is 2.73. The highest BCUT2D eigenvalue weighted by molar-refractivity contribution is 9.11. The van der Waals surface area contributed by atoms with Crippen LogP contribution >= 0.6 is 43.6 Å². The Hall–Kier alpha value is 0.240. The van der Waals surface area contributed by atoms with E-state index in [-0.39, 0.29) is 15.3 Å². The van der Waals surface area contributed by atoms with E-state index in [1.165, 1.54) is 0 Å². The largest absolute Gasteiger partial charge is 0.398 e. The van der Waals surface area contributed by atoms with Crippen LogP contribution in [0.15, 0.2) is 26.0 Å². The Morgan fingerprint density at radius 3 is 2.70 bits per heavy atom. The van der Waals surface area contributed by atoms with E-state index in [1.54, 1.807) is 12.1 Å². The zero-order valence-corrected chi connectivity index (χ0v) is 15.8. The molecule has 1 aromatic rings. The second-order valence-electron chi connectivity index (χ2n) is 5.03. The summed E-state index contributed by atoms with van der Waals surface area (Å²) in [5, 5.41) is 0. The third kappa shape index (κ3) is 3.71. The van der Waals surface area contributed by atoms with E-state index >= 15 is 0 Å². The van der Waals surface area contributed by atoms with Crippen molar-refractivity contribution in [1.82, 2.24) is 4.72 Å². The van der Waals surface area contributed by atoms with Gasteiger partial charge in [-0.3, -0.25) is 0 Å². The van der Waals surface area contributed by atoms with Crippen molar-refractivity contribution in [2.24, 2.45) is 0 Å². The van der Waals surface area contributed by atoms with Crippen LogP contribution in [0.3, 0.4) is 0 Å². The smallest absolute Gasteiger partial charge is 0.243 e. The fraction of sp³-hybridized carbons (Fsp3) is 0.500. The first kappa shape index (κ1) is 16.6. The molecule has 2 rings (SSSR count). The molecule has 0 amide bonds. The first-order valence-corrected chi connectivity index (χ1v) is 10.2. The van der Waals surface area contributed by atoms with E-state index in [2.05, 4.69) is 43.5 Å². The minimum absolute atomic E-state index is 0.0241. The summed E-state index contributed by atoms with van der Waals surface area (Å²) in [6, 6.07) is 3.27. The number of nitrogen functional groups attached to an aromatic ring is 1. The molecule has 1 aromatic carbocycles. The molecule has 8 heteroatoms. The lowest BCUT2D eigenvalue weighted by Gasteiger charge is -2.23. The van der Waals surface area contributed by atoms with Crippen LogP contribution < -0.4 is 10.5 Å². The molecule has 1 atom stereocenters. The van der Waals surface area contributed by atoms with Crippen LogP contribution in [-0.4, -0.2) is 25.5 Å². The van der Waals surface area contributed by atoms with Crippen molar-refractivity contribution >= 4 is 59.3 Å². The molecule has 20 heavy (non-hydrogen) atoms. The molecule has 1 heterocycles. The van der Waals surface area contributed by atoms with Gasteiger partial charge in [-0.05, 0) is 53.6 Å². The van der Waals surface area contributed by atoms with Gasteiger partial charge in [-0.25, -0.2) is 13.1 Å². The summed E-state index contributed by atoms with van der Waals surface area (Å²) in [4.78, 5) is 0.104. The van der Waals surface area contributed by atoms with Crippen molar-refractivity contribution in [2.75, 3.05) is 18.0 Å². The molecule has 1 aliphatic rings. The van der Waals surface area contributed by atoms with Crippen molar-refractivity contribution in [3.63, 3.8) is 0 Å². The number of thioether (sulfide) groups is 1. The Labute approximate surface area is 140 Å². The number of sulfonamides is 1. The number of hydrogen-bond acceptors (Lipinski definition) is 4. The fourth-order valence-electron chi connectivity index (χ4n) is 2.16. The fourth-order valence-corrected chi connectivity index (χ4v) is 6.73. The Morgan fingerprint density at radius 2 is 2.15 bits per heavy atom. The summed E-state index contributed by atoms with van der Waals surface area (Å²) in [5.41, 5.74) is 6.07. The van der Waals surface area contributed by atoms with Gasteiger partial charge in [0.15, 0.2) is 0 Å². The van der Waals surface area contributed by atoms with Gasteiger partial charge < -0.3 is 5.73 Å². The van der Waals surface area contributed by atoms with Crippen LogP contribution in [0.25, 0.3) is 0 Å². The summed E-state index contributed by atoms with van der Waals surface area (Å²) in [7, 11) is -3.62. The highest BCUT2D eigenvalue weighted by Crippen LogP contribution is 2.38. The first-order valence-electron chi connectivity index (χ1n) is 6.12. The molecule has 1 aliphatic heterocycles. The highest BCUT2D eigenvalue weighted by Gasteiger charge is 2.32. The Kier molecular flexibility index (Phi) is 5.11. The Bertz CT molecular complexity index is 591. The van der Waals surface area contributed by atoms with Gasteiger partial charge in [-0.2, -0.15) is 11.8 Å². The zero-order chi connectivity index (χ0) is 15.0. The number of hydrogen-bond donors (Lipinski definition) is 2. The normalized spacial score (nSPS) is 23.1. The minimum Gasteiger partial charge on any atom is -0.398 e. The van der Waals surface area contributed by atoms with Crippen molar-refractivity contribution < 1.29 is 8.42 Å². The molecular weight excluding hydrogens is 428 g/mol. The molecule has 112 valence electrons. The van der Waals surface area contributed by atoms with E-state index in [0.29, 0.717) is 11.0 Å². The Balaban J connectivity index is 2.23. The monoisotopic (exact) mass is 442 g/mol. The molecule has 1 fully saturated rings. The molecule has 0 bridgehead atoms. The quantitative estimate of drug-likeness (QED) is 0.699. The van der Waals surface area contributed by atoms with E-state index in [1.807, 2.05) is 11.8 Å². The van der Waals surface area contributed by atoms with Crippen molar-refractivity contribution in [3.05, 3.63) is 21.1 Å². The van der Waals surface area contributed by atoms with Crippen LogP contribution in [0.5, 0.6) is 0 Å². The van der Waals surface area contributed by atoms with Crippen molar-refractivity contribution in [3.8, 4) is 0 Å². The van der Waals surface area contributed by atoms with Crippen LogP contribution in [0.2, 0.25) is 0 Å². The van der Waals surface area contributed by atoms with E-state index < -0.39 is 10.0 Å². The molecule has 0 aromatic heterocycles. The first-order chi connectivity index (χ1) is 9.23. The summed E-state index contributed by atoms with van der Waals surface area (Å²) in [6.07, 6.45) is 2.16. The number of nitrogens with one attached hydrogen (secondary N) is 1.